The topological polar surface area (TPSA) is 69.0 Å². The van der Waals surface area contributed by atoms with Gasteiger partial charge >= 0.3 is 0 Å². The quantitative estimate of drug-likeness (QED) is 0.672. The van der Waals surface area contributed by atoms with Gasteiger partial charge in [-0.15, -0.1) is 5.10 Å². The van der Waals surface area contributed by atoms with Gasteiger partial charge in [-0.2, -0.15) is 0 Å². The zero-order valence-electron chi connectivity index (χ0n) is 14.1. The minimum Gasteiger partial charge on any atom is -0.383 e. The van der Waals surface area contributed by atoms with Crippen LogP contribution in [-0.4, -0.2) is 41.2 Å². The van der Waals surface area contributed by atoms with E-state index in [-0.39, 0.29) is 12.3 Å². The second kappa shape index (κ2) is 8.21. The molecule has 25 heavy (non-hydrogen) atoms. The molecule has 1 N–H and O–H groups in total. The number of carbonyl (C=O) groups excluding carboxylic acids is 1. The molecule has 0 atom stereocenters. The average molecular weight is 336 g/mol. The van der Waals surface area contributed by atoms with Crippen molar-refractivity contribution in [2.45, 2.75) is 6.42 Å². The van der Waals surface area contributed by atoms with Crippen LogP contribution in [0, 0.1) is 0 Å². The van der Waals surface area contributed by atoms with Crippen LogP contribution in [0.15, 0.2) is 60.7 Å². The lowest BCUT2D eigenvalue weighted by molar-refractivity contribution is -0.120. The van der Waals surface area contributed by atoms with Gasteiger partial charge in [-0.05, 0) is 12.1 Å². The van der Waals surface area contributed by atoms with Crippen molar-refractivity contribution in [2.75, 3.05) is 20.3 Å². The number of para-hydroxylation sites is 1. The number of amides is 1. The number of methoxy groups -OCH3 is 1. The Hall–Kier alpha value is -2.99. The standard InChI is InChI=1S/C19H20N4O2/c1-25-13-12-20-18(24)14-17-19(15-8-4-2-5-9-15)23(22-21-17)16-10-6-3-7-11-16/h2-11H,12-14H2,1H3,(H,20,24). The van der Waals surface area contributed by atoms with E-state index in [1.54, 1.807) is 11.8 Å². The van der Waals surface area contributed by atoms with Crippen LogP contribution < -0.4 is 5.32 Å². The molecule has 0 bridgehead atoms. The summed E-state index contributed by atoms with van der Waals surface area (Å²) in [5.74, 6) is -0.102. The van der Waals surface area contributed by atoms with Gasteiger partial charge in [0.1, 0.15) is 5.69 Å². The third-order valence-electron chi connectivity index (χ3n) is 3.74. The minimum absolute atomic E-state index is 0.102. The maximum absolute atomic E-state index is 12.2. The van der Waals surface area contributed by atoms with Gasteiger partial charge in [0.05, 0.1) is 24.4 Å². The first-order chi connectivity index (χ1) is 12.3. The van der Waals surface area contributed by atoms with Crippen molar-refractivity contribution in [2.24, 2.45) is 0 Å². The number of hydrogen-bond donors (Lipinski definition) is 1. The van der Waals surface area contributed by atoms with E-state index in [0.717, 1.165) is 16.9 Å². The Labute approximate surface area is 146 Å². The molecule has 0 aliphatic rings. The molecular formula is C19H20N4O2. The fourth-order valence-corrected chi connectivity index (χ4v) is 2.57. The van der Waals surface area contributed by atoms with Gasteiger partial charge in [0.2, 0.25) is 5.91 Å². The summed E-state index contributed by atoms with van der Waals surface area (Å²) in [5.41, 5.74) is 3.34. The Morgan fingerprint density at radius 3 is 2.44 bits per heavy atom. The normalized spacial score (nSPS) is 10.6. The second-order valence-electron chi connectivity index (χ2n) is 5.52. The fraction of sp³-hybridized carbons (Fsp3) is 0.211. The monoisotopic (exact) mass is 336 g/mol. The summed E-state index contributed by atoms with van der Waals surface area (Å²) in [6, 6.07) is 19.6. The Kier molecular flexibility index (Phi) is 5.53. The number of nitrogens with zero attached hydrogens (tertiary/aromatic N) is 3. The summed E-state index contributed by atoms with van der Waals surface area (Å²) in [4.78, 5) is 12.2. The molecule has 0 aliphatic heterocycles. The maximum Gasteiger partial charge on any atom is 0.226 e. The Morgan fingerprint density at radius 1 is 1.08 bits per heavy atom. The molecule has 0 aliphatic carbocycles. The number of aromatic nitrogens is 3. The van der Waals surface area contributed by atoms with Crippen molar-refractivity contribution in [3.63, 3.8) is 0 Å². The van der Waals surface area contributed by atoms with Crippen LogP contribution in [0.25, 0.3) is 16.9 Å². The Bertz CT molecular complexity index is 816. The van der Waals surface area contributed by atoms with Crippen LogP contribution >= 0.6 is 0 Å². The highest BCUT2D eigenvalue weighted by Gasteiger charge is 2.18. The van der Waals surface area contributed by atoms with Crippen LogP contribution in [-0.2, 0) is 16.0 Å². The molecule has 3 rings (SSSR count). The number of benzene rings is 2. The van der Waals surface area contributed by atoms with Crippen LogP contribution in [0.1, 0.15) is 5.69 Å². The SMILES string of the molecule is COCCNC(=O)Cc1nnn(-c2ccccc2)c1-c1ccccc1. The van der Waals surface area contributed by atoms with Crippen LogP contribution in [0.3, 0.4) is 0 Å². The highest BCUT2D eigenvalue weighted by Crippen LogP contribution is 2.25. The molecule has 0 radical (unpaired) electrons. The smallest absolute Gasteiger partial charge is 0.226 e. The predicted molar refractivity (Wildman–Crippen MR) is 95.4 cm³/mol. The molecule has 0 fully saturated rings. The van der Waals surface area contributed by atoms with E-state index in [2.05, 4.69) is 15.6 Å². The summed E-state index contributed by atoms with van der Waals surface area (Å²) in [5, 5.41) is 11.4. The van der Waals surface area contributed by atoms with Gasteiger partial charge in [0.25, 0.3) is 0 Å². The highest BCUT2D eigenvalue weighted by atomic mass is 16.5. The van der Waals surface area contributed by atoms with Crippen molar-refractivity contribution in [3.05, 3.63) is 66.4 Å². The molecular weight excluding hydrogens is 316 g/mol. The van der Waals surface area contributed by atoms with E-state index >= 15 is 0 Å². The summed E-state index contributed by atoms with van der Waals surface area (Å²) in [6.07, 6.45) is 0.167. The summed E-state index contributed by atoms with van der Waals surface area (Å²) >= 11 is 0. The highest BCUT2D eigenvalue weighted by molar-refractivity contribution is 5.80. The van der Waals surface area contributed by atoms with Crippen molar-refractivity contribution in [1.29, 1.82) is 0 Å². The molecule has 0 spiro atoms. The largest absolute Gasteiger partial charge is 0.383 e. The number of hydrogen-bond acceptors (Lipinski definition) is 4. The van der Waals surface area contributed by atoms with Crippen molar-refractivity contribution in [1.82, 2.24) is 20.3 Å². The van der Waals surface area contributed by atoms with Crippen molar-refractivity contribution in [3.8, 4) is 16.9 Å². The predicted octanol–water partition coefficient (Wildman–Crippen LogP) is 2.24. The maximum atomic E-state index is 12.2. The van der Waals surface area contributed by atoms with Crippen LogP contribution in [0.5, 0.6) is 0 Å². The van der Waals surface area contributed by atoms with E-state index in [9.17, 15) is 4.79 Å². The molecule has 6 nitrogen and oxygen atoms in total. The van der Waals surface area contributed by atoms with Crippen molar-refractivity contribution >= 4 is 5.91 Å². The third-order valence-corrected chi connectivity index (χ3v) is 3.74. The van der Waals surface area contributed by atoms with Gasteiger partial charge in [-0.1, -0.05) is 53.7 Å². The zero-order chi connectivity index (χ0) is 17.5. The lowest BCUT2D eigenvalue weighted by atomic mass is 10.1. The van der Waals surface area contributed by atoms with E-state index < -0.39 is 0 Å². The first-order valence-corrected chi connectivity index (χ1v) is 8.10. The van der Waals surface area contributed by atoms with E-state index in [4.69, 9.17) is 4.74 Å². The van der Waals surface area contributed by atoms with E-state index in [1.165, 1.54) is 0 Å². The van der Waals surface area contributed by atoms with Crippen molar-refractivity contribution < 1.29 is 9.53 Å². The fourth-order valence-electron chi connectivity index (χ4n) is 2.57. The number of ether oxygens (including phenoxy) is 1. The molecule has 1 heterocycles. The molecule has 6 heteroatoms. The van der Waals surface area contributed by atoms with Gasteiger partial charge in [0.15, 0.2) is 0 Å². The van der Waals surface area contributed by atoms with Gasteiger partial charge in [-0.25, -0.2) is 4.68 Å². The molecule has 1 amide bonds. The lowest BCUT2D eigenvalue weighted by Gasteiger charge is -2.09. The number of nitrogens with one attached hydrogen (secondary N) is 1. The average Bonchev–Trinajstić information content (AvgIpc) is 3.07. The van der Waals surface area contributed by atoms with Gasteiger partial charge < -0.3 is 10.1 Å². The summed E-state index contributed by atoms with van der Waals surface area (Å²) < 4.78 is 6.72. The van der Waals surface area contributed by atoms with E-state index in [0.29, 0.717) is 18.8 Å². The minimum atomic E-state index is -0.102. The summed E-state index contributed by atoms with van der Waals surface area (Å²) in [6.45, 7) is 0.955. The molecule has 2 aromatic carbocycles. The Balaban J connectivity index is 1.93. The second-order valence-corrected chi connectivity index (χ2v) is 5.52. The molecule has 0 saturated carbocycles. The molecule has 0 saturated heterocycles. The molecule has 3 aromatic rings. The lowest BCUT2D eigenvalue weighted by Crippen LogP contribution is -2.28. The van der Waals surface area contributed by atoms with Crippen LogP contribution in [0.2, 0.25) is 0 Å². The van der Waals surface area contributed by atoms with Crippen LogP contribution in [0.4, 0.5) is 0 Å². The van der Waals surface area contributed by atoms with E-state index in [1.807, 2.05) is 60.7 Å². The molecule has 0 unspecified atom stereocenters. The molecule has 128 valence electrons. The first kappa shape index (κ1) is 16.9. The third kappa shape index (κ3) is 4.10. The van der Waals surface area contributed by atoms with Gasteiger partial charge in [-0.3, -0.25) is 4.79 Å². The first-order valence-electron chi connectivity index (χ1n) is 8.10. The Morgan fingerprint density at radius 2 is 1.76 bits per heavy atom. The molecule has 1 aromatic heterocycles. The zero-order valence-corrected chi connectivity index (χ0v) is 14.1. The summed E-state index contributed by atoms with van der Waals surface area (Å²) in [7, 11) is 1.60. The number of rotatable bonds is 7. The van der Waals surface area contributed by atoms with Gasteiger partial charge in [0, 0.05) is 19.2 Å². The number of carbonyl (C=O) groups is 1.